The normalized spacial score (nSPS) is 11.4. The maximum Gasteiger partial charge on any atom is 0.236 e. The molecule has 2 aromatic heterocycles. The number of benzene rings is 2. The van der Waals surface area contributed by atoms with Gasteiger partial charge in [0.05, 0.1) is 17.6 Å². The van der Waals surface area contributed by atoms with Crippen molar-refractivity contribution in [3.63, 3.8) is 0 Å². The highest BCUT2D eigenvalue weighted by Crippen LogP contribution is 2.25. The zero-order valence-electron chi connectivity index (χ0n) is 13.0. The van der Waals surface area contributed by atoms with Crippen molar-refractivity contribution in [3.05, 3.63) is 53.6 Å². The third-order valence-electron chi connectivity index (χ3n) is 3.80. The molecule has 0 saturated carbocycles. The highest BCUT2D eigenvalue weighted by Gasteiger charge is 2.14. The number of aromatic nitrogens is 4. The lowest BCUT2D eigenvalue weighted by Crippen LogP contribution is -2.00. The molecule has 0 aliphatic rings. The number of imidazole rings is 1. The van der Waals surface area contributed by atoms with Crippen LogP contribution in [0.1, 0.15) is 0 Å². The van der Waals surface area contributed by atoms with Crippen LogP contribution in [0.4, 0.5) is 0 Å². The third kappa shape index (κ3) is 2.72. The average molecular weight is 359 g/mol. The molecule has 0 radical (unpaired) electrons. The van der Waals surface area contributed by atoms with Gasteiger partial charge in [0, 0.05) is 17.8 Å². The van der Waals surface area contributed by atoms with E-state index in [4.69, 9.17) is 16.3 Å². The van der Waals surface area contributed by atoms with Crippen molar-refractivity contribution in [1.29, 1.82) is 0 Å². The van der Waals surface area contributed by atoms with Crippen LogP contribution in [0.3, 0.4) is 0 Å². The van der Waals surface area contributed by atoms with Gasteiger partial charge in [0.25, 0.3) is 0 Å². The van der Waals surface area contributed by atoms with Gasteiger partial charge in [-0.2, -0.15) is 0 Å². The minimum atomic E-state index is 0.589. The van der Waals surface area contributed by atoms with Gasteiger partial charge in [0.2, 0.25) is 5.78 Å². The number of para-hydroxylation sites is 2. The van der Waals surface area contributed by atoms with Crippen LogP contribution in [0.2, 0.25) is 5.02 Å². The topological polar surface area (TPSA) is 44.4 Å². The molecule has 0 saturated heterocycles. The lowest BCUT2D eigenvalue weighted by molar-refractivity contribution is 0.344. The number of aryl methyl sites for hydroxylation is 1. The zero-order chi connectivity index (χ0) is 16.5. The van der Waals surface area contributed by atoms with Gasteiger partial charge in [0.1, 0.15) is 5.75 Å². The molecule has 4 rings (SSSR count). The number of rotatable bonds is 5. The Balaban J connectivity index is 1.49. The van der Waals surface area contributed by atoms with Crippen LogP contribution in [-0.4, -0.2) is 31.5 Å². The maximum absolute atomic E-state index is 5.87. The third-order valence-corrected chi connectivity index (χ3v) is 4.94. The van der Waals surface area contributed by atoms with Crippen LogP contribution in [-0.2, 0) is 7.05 Å². The van der Waals surface area contributed by atoms with Crippen LogP contribution in [0.25, 0.3) is 16.8 Å². The van der Waals surface area contributed by atoms with Gasteiger partial charge in [-0.05, 0) is 36.4 Å². The molecule has 2 heterocycles. The molecule has 0 atom stereocenters. The van der Waals surface area contributed by atoms with E-state index in [1.165, 1.54) is 0 Å². The van der Waals surface area contributed by atoms with E-state index in [-0.39, 0.29) is 0 Å². The Hall–Kier alpha value is -2.18. The first kappa shape index (κ1) is 15.4. The van der Waals surface area contributed by atoms with E-state index in [9.17, 15) is 0 Å². The summed E-state index contributed by atoms with van der Waals surface area (Å²) in [5.41, 5.74) is 2.25. The molecule has 122 valence electrons. The molecule has 0 spiro atoms. The number of nitrogens with zero attached hydrogens (tertiary/aromatic N) is 4. The molecular weight excluding hydrogens is 344 g/mol. The van der Waals surface area contributed by atoms with Gasteiger partial charge >= 0.3 is 0 Å². The second kappa shape index (κ2) is 6.37. The van der Waals surface area contributed by atoms with E-state index in [2.05, 4.69) is 31.3 Å². The van der Waals surface area contributed by atoms with Gasteiger partial charge < -0.3 is 9.30 Å². The van der Waals surface area contributed by atoms with Crippen molar-refractivity contribution in [2.45, 2.75) is 5.16 Å². The van der Waals surface area contributed by atoms with Crippen LogP contribution >= 0.6 is 23.4 Å². The highest BCUT2D eigenvalue weighted by molar-refractivity contribution is 7.99. The van der Waals surface area contributed by atoms with Crippen LogP contribution in [0.15, 0.2) is 53.7 Å². The Labute approximate surface area is 148 Å². The Kier molecular flexibility index (Phi) is 4.08. The van der Waals surface area contributed by atoms with E-state index in [0.29, 0.717) is 11.6 Å². The van der Waals surface area contributed by atoms with Crippen molar-refractivity contribution in [1.82, 2.24) is 19.2 Å². The highest BCUT2D eigenvalue weighted by atomic mass is 35.5. The summed E-state index contributed by atoms with van der Waals surface area (Å²) >= 11 is 7.50. The van der Waals surface area contributed by atoms with Crippen molar-refractivity contribution < 1.29 is 4.74 Å². The van der Waals surface area contributed by atoms with Gasteiger partial charge in [-0.3, -0.25) is 4.40 Å². The van der Waals surface area contributed by atoms with E-state index >= 15 is 0 Å². The lowest BCUT2D eigenvalue weighted by Gasteiger charge is -2.05. The zero-order valence-corrected chi connectivity index (χ0v) is 14.6. The molecule has 0 aliphatic carbocycles. The molecule has 4 aromatic rings. The Morgan fingerprint density at radius 2 is 1.79 bits per heavy atom. The molecule has 5 nitrogen and oxygen atoms in total. The summed E-state index contributed by atoms with van der Waals surface area (Å²) in [6, 6.07) is 15.6. The number of thioether (sulfide) groups is 1. The number of halogens is 1. The van der Waals surface area contributed by atoms with Crippen molar-refractivity contribution in [3.8, 4) is 5.75 Å². The molecule has 2 aromatic carbocycles. The Bertz CT molecular complexity index is 993. The van der Waals surface area contributed by atoms with Crippen molar-refractivity contribution in [2.75, 3.05) is 12.4 Å². The summed E-state index contributed by atoms with van der Waals surface area (Å²) in [5, 5.41) is 10.2. The molecule has 0 N–H and O–H groups in total. The minimum Gasteiger partial charge on any atom is -0.493 e. The van der Waals surface area contributed by atoms with E-state index < -0.39 is 0 Å². The number of hydrogen-bond acceptors (Lipinski definition) is 4. The van der Waals surface area contributed by atoms with Gasteiger partial charge in [-0.1, -0.05) is 35.5 Å². The number of hydrogen-bond donors (Lipinski definition) is 0. The average Bonchev–Trinajstić information content (AvgIpc) is 3.14. The van der Waals surface area contributed by atoms with Crippen molar-refractivity contribution in [2.24, 2.45) is 7.05 Å². The van der Waals surface area contributed by atoms with Gasteiger partial charge in [-0.15, -0.1) is 10.2 Å². The fourth-order valence-electron chi connectivity index (χ4n) is 2.65. The number of fused-ring (bicyclic) bond motifs is 3. The quantitative estimate of drug-likeness (QED) is 0.399. The Morgan fingerprint density at radius 1 is 1.04 bits per heavy atom. The summed E-state index contributed by atoms with van der Waals surface area (Å²) in [4.78, 5) is 0. The largest absolute Gasteiger partial charge is 0.493 e. The second-order valence-corrected chi connectivity index (χ2v) is 6.82. The minimum absolute atomic E-state index is 0.589. The molecule has 0 fully saturated rings. The number of ether oxygens (including phenoxy) is 1. The molecule has 24 heavy (non-hydrogen) atoms. The van der Waals surface area contributed by atoms with Crippen LogP contribution in [0.5, 0.6) is 5.75 Å². The maximum atomic E-state index is 5.87. The van der Waals surface area contributed by atoms with E-state index in [1.807, 2.05) is 43.4 Å². The molecule has 0 aliphatic heterocycles. The van der Waals surface area contributed by atoms with E-state index in [0.717, 1.165) is 33.5 Å². The van der Waals surface area contributed by atoms with Crippen LogP contribution in [0, 0.1) is 0 Å². The molecule has 7 heteroatoms. The summed E-state index contributed by atoms with van der Waals surface area (Å²) < 4.78 is 9.86. The predicted octanol–water partition coefficient (Wildman–Crippen LogP) is 4.05. The fraction of sp³-hybridized carbons (Fsp3) is 0.176. The summed E-state index contributed by atoms with van der Waals surface area (Å²) in [6.07, 6.45) is 0. The lowest BCUT2D eigenvalue weighted by atomic mass is 10.3. The molecule has 0 amide bonds. The van der Waals surface area contributed by atoms with Crippen LogP contribution < -0.4 is 4.74 Å². The van der Waals surface area contributed by atoms with Gasteiger partial charge in [0.15, 0.2) is 5.16 Å². The standard InChI is InChI=1S/C17H15ClN4OS/c1-21-14-4-2-3-5-15(14)22-16(21)19-20-17(22)24-11-10-23-13-8-6-12(18)7-9-13/h2-9H,10-11H2,1H3. The second-order valence-electron chi connectivity index (χ2n) is 5.32. The summed E-state index contributed by atoms with van der Waals surface area (Å²) in [5.74, 6) is 2.45. The Morgan fingerprint density at radius 3 is 2.58 bits per heavy atom. The predicted molar refractivity (Wildman–Crippen MR) is 97.1 cm³/mol. The smallest absolute Gasteiger partial charge is 0.236 e. The van der Waals surface area contributed by atoms with Gasteiger partial charge in [-0.25, -0.2) is 0 Å². The SMILES string of the molecule is Cn1c2ccccc2n2c(SCCOc3ccc(Cl)cc3)nnc12. The molecular formula is C17H15ClN4OS. The fourth-order valence-corrected chi connectivity index (χ4v) is 3.53. The first-order valence-electron chi connectivity index (χ1n) is 7.54. The summed E-state index contributed by atoms with van der Waals surface area (Å²) in [6.45, 7) is 0.589. The summed E-state index contributed by atoms with van der Waals surface area (Å²) in [7, 11) is 2.00. The first-order chi connectivity index (χ1) is 11.7. The molecule has 0 unspecified atom stereocenters. The van der Waals surface area contributed by atoms with E-state index in [1.54, 1.807) is 11.8 Å². The monoisotopic (exact) mass is 358 g/mol. The first-order valence-corrected chi connectivity index (χ1v) is 8.90. The van der Waals surface area contributed by atoms with Crippen molar-refractivity contribution >= 4 is 40.2 Å². The molecule has 0 bridgehead atoms.